The largest absolute Gasteiger partial charge is 0.331 e. The van der Waals surface area contributed by atoms with Gasteiger partial charge in [0.05, 0.1) is 5.54 Å². The second-order valence-corrected chi connectivity index (χ2v) is 9.02. The SMILES string of the molecule is Cc1nnn(C23CC4CC(C2)CC(n2ccnc2-c2nccn2C)(C4)C3)n1. The van der Waals surface area contributed by atoms with Gasteiger partial charge in [0.15, 0.2) is 17.5 Å². The Bertz CT molecular complexity index is 997. The normalized spacial score (nSPS) is 34.4. The smallest absolute Gasteiger partial charge is 0.176 e. The number of hydrogen-bond donors (Lipinski definition) is 0. The number of aromatic nitrogens is 8. The molecule has 3 heterocycles. The van der Waals surface area contributed by atoms with Gasteiger partial charge < -0.3 is 9.13 Å². The molecule has 4 aliphatic rings. The lowest BCUT2D eigenvalue weighted by atomic mass is 9.50. The standard InChI is InChI=1S/C19H24N8/c1-13-22-24-27(23-13)19-10-14-7-15(11-19)9-18(8-14,12-19)26-6-4-21-17(26)16-20-3-5-25(16)2/h3-6,14-15H,7-12H2,1-2H3. The highest BCUT2D eigenvalue weighted by Crippen LogP contribution is 2.63. The Hall–Kier alpha value is -2.51. The van der Waals surface area contributed by atoms with Crippen LogP contribution < -0.4 is 0 Å². The highest BCUT2D eigenvalue weighted by atomic mass is 15.6. The topological polar surface area (TPSA) is 79.2 Å². The van der Waals surface area contributed by atoms with Crippen molar-refractivity contribution in [3.63, 3.8) is 0 Å². The summed E-state index contributed by atoms with van der Waals surface area (Å²) in [5.41, 5.74) is 0.0674. The van der Waals surface area contributed by atoms with Crippen molar-refractivity contribution in [2.45, 2.75) is 56.5 Å². The molecule has 8 nitrogen and oxygen atoms in total. The Balaban J connectivity index is 1.49. The molecule has 7 rings (SSSR count). The van der Waals surface area contributed by atoms with E-state index >= 15 is 0 Å². The van der Waals surface area contributed by atoms with Crippen LogP contribution in [0.25, 0.3) is 11.6 Å². The van der Waals surface area contributed by atoms with Crippen LogP contribution in [0.4, 0.5) is 0 Å². The van der Waals surface area contributed by atoms with Crippen LogP contribution in [0, 0.1) is 18.8 Å². The van der Waals surface area contributed by atoms with Crippen molar-refractivity contribution in [1.29, 1.82) is 0 Å². The van der Waals surface area contributed by atoms with E-state index in [1.165, 1.54) is 32.1 Å². The Morgan fingerprint density at radius 2 is 1.67 bits per heavy atom. The first-order valence-electron chi connectivity index (χ1n) is 9.86. The fourth-order valence-electron chi connectivity index (χ4n) is 6.60. The van der Waals surface area contributed by atoms with E-state index in [1.807, 2.05) is 37.4 Å². The van der Waals surface area contributed by atoms with Gasteiger partial charge in [0.25, 0.3) is 0 Å². The summed E-state index contributed by atoms with van der Waals surface area (Å²) < 4.78 is 4.47. The van der Waals surface area contributed by atoms with Crippen LogP contribution in [0.3, 0.4) is 0 Å². The van der Waals surface area contributed by atoms with Gasteiger partial charge in [0.1, 0.15) is 0 Å². The van der Waals surface area contributed by atoms with Crippen LogP contribution in [0.2, 0.25) is 0 Å². The number of imidazole rings is 2. The monoisotopic (exact) mass is 364 g/mol. The van der Waals surface area contributed by atoms with Gasteiger partial charge in [-0.3, -0.25) is 0 Å². The van der Waals surface area contributed by atoms with Gasteiger partial charge in [-0.1, -0.05) is 0 Å². The zero-order chi connectivity index (χ0) is 18.2. The zero-order valence-corrected chi connectivity index (χ0v) is 15.8. The molecule has 2 atom stereocenters. The molecule has 8 heteroatoms. The fraction of sp³-hybridized carbons (Fsp3) is 0.632. The van der Waals surface area contributed by atoms with Crippen molar-refractivity contribution >= 4 is 0 Å². The first-order valence-corrected chi connectivity index (χ1v) is 9.86. The lowest BCUT2D eigenvalue weighted by molar-refractivity contribution is -0.103. The molecule has 4 bridgehead atoms. The molecule has 140 valence electrons. The molecule has 0 radical (unpaired) electrons. The predicted molar refractivity (Wildman–Crippen MR) is 97.6 cm³/mol. The summed E-state index contributed by atoms with van der Waals surface area (Å²) in [4.78, 5) is 11.2. The van der Waals surface area contributed by atoms with Crippen molar-refractivity contribution in [1.82, 2.24) is 39.3 Å². The van der Waals surface area contributed by atoms with E-state index < -0.39 is 0 Å². The fourth-order valence-corrected chi connectivity index (χ4v) is 6.60. The Morgan fingerprint density at radius 3 is 2.33 bits per heavy atom. The van der Waals surface area contributed by atoms with Crippen molar-refractivity contribution in [2.24, 2.45) is 18.9 Å². The summed E-state index contributed by atoms with van der Waals surface area (Å²) in [6.45, 7) is 1.93. The van der Waals surface area contributed by atoms with E-state index in [0.29, 0.717) is 11.8 Å². The molecule has 0 amide bonds. The van der Waals surface area contributed by atoms with Gasteiger partial charge in [0.2, 0.25) is 0 Å². The Morgan fingerprint density at radius 1 is 0.963 bits per heavy atom. The van der Waals surface area contributed by atoms with Gasteiger partial charge in [-0.25, -0.2) is 9.97 Å². The summed E-state index contributed by atoms with van der Waals surface area (Å²) in [5, 5.41) is 13.3. The molecule has 4 aliphatic carbocycles. The number of aryl methyl sites for hydroxylation is 2. The van der Waals surface area contributed by atoms with Crippen LogP contribution in [-0.2, 0) is 18.1 Å². The van der Waals surface area contributed by atoms with Crippen LogP contribution in [0.15, 0.2) is 24.8 Å². The zero-order valence-electron chi connectivity index (χ0n) is 15.8. The molecule has 0 saturated heterocycles. The highest BCUT2D eigenvalue weighted by molar-refractivity contribution is 5.46. The number of hydrogen-bond acceptors (Lipinski definition) is 5. The summed E-state index contributed by atoms with van der Waals surface area (Å²) in [7, 11) is 2.03. The number of rotatable bonds is 3. The van der Waals surface area contributed by atoms with E-state index in [0.717, 1.165) is 23.9 Å². The maximum atomic E-state index is 4.71. The van der Waals surface area contributed by atoms with E-state index in [4.69, 9.17) is 4.98 Å². The molecule has 0 aromatic carbocycles. The molecule has 27 heavy (non-hydrogen) atoms. The minimum absolute atomic E-state index is 0.00544. The Kier molecular flexibility index (Phi) is 2.91. The van der Waals surface area contributed by atoms with Crippen LogP contribution in [-0.4, -0.2) is 39.3 Å². The third kappa shape index (κ3) is 2.06. The van der Waals surface area contributed by atoms with E-state index in [-0.39, 0.29) is 11.1 Å². The molecule has 0 N–H and O–H groups in total. The summed E-state index contributed by atoms with van der Waals surface area (Å²) in [6, 6.07) is 0. The van der Waals surface area contributed by atoms with Crippen LogP contribution in [0.1, 0.15) is 44.3 Å². The molecule has 3 aromatic rings. The first kappa shape index (κ1) is 15.5. The van der Waals surface area contributed by atoms with Crippen LogP contribution in [0.5, 0.6) is 0 Å². The Labute approximate surface area is 157 Å². The quantitative estimate of drug-likeness (QED) is 0.712. The van der Waals surface area contributed by atoms with Gasteiger partial charge in [-0.2, -0.15) is 4.80 Å². The second-order valence-electron chi connectivity index (χ2n) is 9.02. The minimum Gasteiger partial charge on any atom is -0.331 e. The molecule has 0 aliphatic heterocycles. The summed E-state index contributed by atoms with van der Waals surface area (Å²) >= 11 is 0. The van der Waals surface area contributed by atoms with E-state index in [9.17, 15) is 0 Å². The van der Waals surface area contributed by atoms with Gasteiger partial charge >= 0.3 is 0 Å². The second kappa shape index (κ2) is 5.05. The maximum Gasteiger partial charge on any atom is 0.176 e. The average molecular weight is 364 g/mol. The maximum absolute atomic E-state index is 4.71. The minimum atomic E-state index is -0.00544. The van der Waals surface area contributed by atoms with Gasteiger partial charge in [-0.15, -0.1) is 10.2 Å². The molecule has 0 spiro atoms. The molecule has 4 saturated carbocycles. The molecular formula is C19H24N8. The number of tetrazole rings is 1. The highest BCUT2D eigenvalue weighted by Gasteiger charge is 2.60. The lowest BCUT2D eigenvalue weighted by Crippen LogP contribution is -2.60. The summed E-state index contributed by atoms with van der Waals surface area (Å²) in [5.74, 6) is 4.10. The summed E-state index contributed by atoms with van der Waals surface area (Å²) in [6.07, 6.45) is 15.1. The average Bonchev–Trinajstić information content (AvgIpc) is 3.33. The van der Waals surface area contributed by atoms with E-state index in [2.05, 4.69) is 35.7 Å². The van der Waals surface area contributed by atoms with Gasteiger partial charge in [0, 0.05) is 37.4 Å². The molecule has 3 aromatic heterocycles. The van der Waals surface area contributed by atoms with E-state index in [1.54, 1.807) is 0 Å². The lowest BCUT2D eigenvalue weighted by Gasteiger charge is -2.61. The van der Waals surface area contributed by atoms with Crippen molar-refractivity contribution in [2.75, 3.05) is 0 Å². The molecular weight excluding hydrogens is 340 g/mol. The van der Waals surface area contributed by atoms with Crippen molar-refractivity contribution in [3.05, 3.63) is 30.6 Å². The molecule has 4 fully saturated rings. The third-order valence-corrected chi connectivity index (χ3v) is 7.11. The number of nitrogens with zero attached hydrogens (tertiary/aromatic N) is 8. The van der Waals surface area contributed by atoms with Crippen molar-refractivity contribution < 1.29 is 0 Å². The van der Waals surface area contributed by atoms with Crippen LogP contribution >= 0.6 is 0 Å². The third-order valence-electron chi connectivity index (χ3n) is 7.11. The predicted octanol–water partition coefficient (Wildman–Crippen LogP) is 2.28. The molecule has 2 unspecified atom stereocenters. The van der Waals surface area contributed by atoms with Crippen molar-refractivity contribution in [3.8, 4) is 11.6 Å². The van der Waals surface area contributed by atoms with Gasteiger partial charge in [-0.05, 0) is 62.5 Å². The first-order chi connectivity index (χ1) is 13.1.